The molecule has 0 bridgehead atoms. The molecule has 21 heavy (non-hydrogen) atoms. The summed E-state index contributed by atoms with van der Waals surface area (Å²) >= 11 is 5.75. The fourth-order valence-corrected chi connectivity index (χ4v) is 2.55. The van der Waals surface area contributed by atoms with Crippen LogP contribution in [0.4, 0.5) is 5.82 Å². The summed E-state index contributed by atoms with van der Waals surface area (Å²) in [6, 6.07) is 3.56. The third-order valence-electron chi connectivity index (χ3n) is 3.56. The maximum Gasteiger partial charge on any atom is 0.224 e. The predicted octanol–water partition coefficient (Wildman–Crippen LogP) is 1.50. The molecule has 1 saturated heterocycles. The number of ether oxygens (including phenoxy) is 1. The molecule has 0 saturated carbocycles. The molecule has 0 aromatic carbocycles. The van der Waals surface area contributed by atoms with E-state index in [0.717, 1.165) is 31.6 Å². The maximum absolute atomic E-state index is 12.2. The van der Waals surface area contributed by atoms with Crippen LogP contribution in [0.5, 0.6) is 0 Å². The number of aromatic nitrogens is 2. The van der Waals surface area contributed by atoms with Gasteiger partial charge in [0.1, 0.15) is 0 Å². The number of nitrogens with zero attached hydrogens (tertiary/aromatic N) is 3. The van der Waals surface area contributed by atoms with Crippen molar-refractivity contribution in [3.05, 3.63) is 17.3 Å². The summed E-state index contributed by atoms with van der Waals surface area (Å²) in [4.78, 5) is 14.2. The number of carbonyl (C=O) groups is 1. The van der Waals surface area contributed by atoms with E-state index in [9.17, 15) is 4.79 Å². The third-order valence-corrected chi connectivity index (χ3v) is 3.76. The van der Waals surface area contributed by atoms with E-state index in [0.29, 0.717) is 24.8 Å². The van der Waals surface area contributed by atoms with Gasteiger partial charge in [-0.1, -0.05) is 11.6 Å². The topological polar surface area (TPSA) is 67.3 Å². The molecule has 0 spiro atoms. The van der Waals surface area contributed by atoms with Gasteiger partial charge in [-0.3, -0.25) is 4.79 Å². The highest BCUT2D eigenvalue weighted by molar-refractivity contribution is 6.29. The van der Waals surface area contributed by atoms with Crippen molar-refractivity contribution in [2.45, 2.75) is 19.3 Å². The Morgan fingerprint density at radius 3 is 3.10 bits per heavy atom. The van der Waals surface area contributed by atoms with Crippen LogP contribution in [0.25, 0.3) is 0 Å². The van der Waals surface area contributed by atoms with E-state index in [2.05, 4.69) is 20.4 Å². The lowest BCUT2D eigenvalue weighted by atomic mass is 9.97. The zero-order valence-electron chi connectivity index (χ0n) is 12.2. The molecule has 1 atom stereocenters. The molecule has 1 unspecified atom stereocenters. The van der Waals surface area contributed by atoms with Crippen molar-refractivity contribution in [2.24, 2.45) is 5.92 Å². The smallest absolute Gasteiger partial charge is 0.224 e. The summed E-state index contributed by atoms with van der Waals surface area (Å²) in [6.07, 6.45) is 2.72. The van der Waals surface area contributed by atoms with Crippen LogP contribution >= 0.6 is 11.6 Å². The van der Waals surface area contributed by atoms with Crippen LogP contribution in [0.3, 0.4) is 0 Å². The maximum atomic E-state index is 12.2. The number of hydrogen-bond acceptors (Lipinski definition) is 5. The average molecular weight is 313 g/mol. The molecular formula is C14H21ClN4O2. The summed E-state index contributed by atoms with van der Waals surface area (Å²) in [5, 5.41) is 11.3. The first-order valence-electron chi connectivity index (χ1n) is 7.21. The Kier molecular flexibility index (Phi) is 6.20. The highest BCUT2D eigenvalue weighted by Crippen LogP contribution is 2.21. The SMILES string of the molecule is COCCCNC(=O)C1CCCN(c2ccc(Cl)nn2)C1. The number of methoxy groups -OCH3 is 1. The van der Waals surface area contributed by atoms with Gasteiger partial charge in [0.2, 0.25) is 5.91 Å². The number of rotatable bonds is 6. The molecule has 1 aliphatic heterocycles. The van der Waals surface area contributed by atoms with Crippen molar-refractivity contribution in [3.8, 4) is 0 Å². The molecule has 0 aliphatic carbocycles. The van der Waals surface area contributed by atoms with E-state index in [1.54, 1.807) is 13.2 Å². The molecule has 1 aromatic heterocycles. The van der Waals surface area contributed by atoms with E-state index in [1.165, 1.54) is 0 Å². The van der Waals surface area contributed by atoms with E-state index in [4.69, 9.17) is 16.3 Å². The van der Waals surface area contributed by atoms with Crippen LogP contribution in [0.2, 0.25) is 5.15 Å². The largest absolute Gasteiger partial charge is 0.385 e. The number of carbonyl (C=O) groups excluding carboxylic acids is 1. The van der Waals surface area contributed by atoms with E-state index < -0.39 is 0 Å². The van der Waals surface area contributed by atoms with Gasteiger partial charge in [-0.05, 0) is 31.4 Å². The highest BCUT2D eigenvalue weighted by Gasteiger charge is 2.26. The standard InChI is InChI=1S/C14H21ClN4O2/c1-21-9-3-7-16-14(20)11-4-2-8-19(10-11)13-6-5-12(15)17-18-13/h5-6,11H,2-4,7-10H2,1H3,(H,16,20). The highest BCUT2D eigenvalue weighted by atomic mass is 35.5. The van der Waals surface area contributed by atoms with E-state index in [-0.39, 0.29) is 11.8 Å². The molecule has 1 N–H and O–H groups in total. The number of nitrogens with one attached hydrogen (secondary N) is 1. The van der Waals surface area contributed by atoms with Crippen molar-refractivity contribution >= 4 is 23.3 Å². The van der Waals surface area contributed by atoms with Gasteiger partial charge in [0.15, 0.2) is 11.0 Å². The van der Waals surface area contributed by atoms with Crippen molar-refractivity contribution < 1.29 is 9.53 Å². The zero-order valence-corrected chi connectivity index (χ0v) is 13.0. The van der Waals surface area contributed by atoms with Crippen LogP contribution in [0.1, 0.15) is 19.3 Å². The van der Waals surface area contributed by atoms with Crippen LogP contribution < -0.4 is 10.2 Å². The minimum atomic E-state index is -0.00114. The second-order valence-electron chi connectivity index (χ2n) is 5.14. The molecule has 0 radical (unpaired) electrons. The van der Waals surface area contributed by atoms with Crippen LogP contribution in [0, 0.1) is 5.92 Å². The van der Waals surface area contributed by atoms with Gasteiger partial charge in [0.25, 0.3) is 0 Å². The Labute approximate surface area is 129 Å². The van der Waals surface area contributed by atoms with Gasteiger partial charge in [-0.2, -0.15) is 0 Å². The van der Waals surface area contributed by atoms with Gasteiger partial charge in [-0.15, -0.1) is 10.2 Å². The lowest BCUT2D eigenvalue weighted by Gasteiger charge is -2.32. The molecule has 116 valence electrons. The number of anilines is 1. The summed E-state index contributed by atoms with van der Waals surface area (Å²) < 4.78 is 4.97. The number of hydrogen-bond donors (Lipinski definition) is 1. The minimum absolute atomic E-state index is 0.00114. The lowest BCUT2D eigenvalue weighted by molar-refractivity contribution is -0.125. The van der Waals surface area contributed by atoms with E-state index in [1.807, 2.05) is 6.07 Å². The van der Waals surface area contributed by atoms with Crippen molar-refractivity contribution in [1.82, 2.24) is 15.5 Å². The lowest BCUT2D eigenvalue weighted by Crippen LogP contribution is -2.43. The molecule has 1 amide bonds. The Morgan fingerprint density at radius 2 is 2.38 bits per heavy atom. The fraction of sp³-hybridized carbons (Fsp3) is 0.643. The molecule has 7 heteroatoms. The predicted molar refractivity (Wildman–Crippen MR) is 81.5 cm³/mol. The summed E-state index contributed by atoms with van der Waals surface area (Å²) in [7, 11) is 1.66. The Balaban J connectivity index is 1.85. The third kappa shape index (κ3) is 4.82. The molecule has 6 nitrogen and oxygen atoms in total. The molecule has 1 aliphatic rings. The quantitative estimate of drug-likeness (QED) is 0.806. The first kappa shape index (κ1) is 16.0. The molecule has 2 heterocycles. The zero-order chi connectivity index (χ0) is 15.1. The Morgan fingerprint density at radius 1 is 1.52 bits per heavy atom. The molecule has 1 aromatic rings. The van der Waals surface area contributed by atoms with Gasteiger partial charge >= 0.3 is 0 Å². The summed E-state index contributed by atoms with van der Waals surface area (Å²) in [6.45, 7) is 2.89. The number of halogens is 1. The van der Waals surface area contributed by atoms with Crippen molar-refractivity contribution in [1.29, 1.82) is 0 Å². The minimum Gasteiger partial charge on any atom is -0.385 e. The van der Waals surface area contributed by atoms with Crippen molar-refractivity contribution in [2.75, 3.05) is 38.3 Å². The average Bonchev–Trinajstić information content (AvgIpc) is 2.52. The normalized spacial score (nSPS) is 18.6. The summed E-state index contributed by atoms with van der Waals surface area (Å²) in [5.74, 6) is 0.882. The first-order valence-corrected chi connectivity index (χ1v) is 7.59. The Hall–Kier alpha value is -1.40. The second kappa shape index (κ2) is 8.14. The summed E-state index contributed by atoms with van der Waals surface area (Å²) in [5.41, 5.74) is 0. The monoisotopic (exact) mass is 312 g/mol. The van der Waals surface area contributed by atoms with Crippen molar-refractivity contribution in [3.63, 3.8) is 0 Å². The molecule has 2 rings (SSSR count). The first-order chi connectivity index (χ1) is 10.2. The van der Waals surface area contributed by atoms with Crippen LogP contribution in [-0.4, -0.2) is 49.5 Å². The number of piperidine rings is 1. The second-order valence-corrected chi connectivity index (χ2v) is 5.52. The van der Waals surface area contributed by atoms with Gasteiger partial charge in [0.05, 0.1) is 5.92 Å². The molecule has 1 fully saturated rings. The van der Waals surface area contributed by atoms with Gasteiger partial charge < -0.3 is 15.0 Å². The van der Waals surface area contributed by atoms with Gasteiger partial charge in [-0.25, -0.2) is 0 Å². The number of amides is 1. The van der Waals surface area contributed by atoms with Crippen LogP contribution in [0.15, 0.2) is 12.1 Å². The molecular weight excluding hydrogens is 292 g/mol. The van der Waals surface area contributed by atoms with Gasteiger partial charge in [0, 0.05) is 33.4 Å². The van der Waals surface area contributed by atoms with E-state index >= 15 is 0 Å². The Bertz CT molecular complexity index is 455. The fourth-order valence-electron chi connectivity index (χ4n) is 2.45. The van der Waals surface area contributed by atoms with Crippen LogP contribution in [-0.2, 0) is 9.53 Å².